The van der Waals surface area contributed by atoms with E-state index in [4.69, 9.17) is 4.42 Å². The first-order valence-electron chi connectivity index (χ1n) is 10.9. The van der Waals surface area contributed by atoms with E-state index < -0.39 is 0 Å². The zero-order valence-corrected chi connectivity index (χ0v) is 17.9. The van der Waals surface area contributed by atoms with Gasteiger partial charge in [0.25, 0.3) is 0 Å². The van der Waals surface area contributed by atoms with Crippen LogP contribution >= 0.6 is 0 Å². The number of aryl methyl sites for hydroxylation is 1. The second-order valence-electron chi connectivity index (χ2n) is 7.83. The van der Waals surface area contributed by atoms with E-state index in [1.807, 2.05) is 12.1 Å². The summed E-state index contributed by atoms with van der Waals surface area (Å²) >= 11 is 0. The van der Waals surface area contributed by atoms with Crippen molar-refractivity contribution in [3.63, 3.8) is 0 Å². The third-order valence-electron chi connectivity index (χ3n) is 5.40. The van der Waals surface area contributed by atoms with Crippen LogP contribution in [-0.2, 0) is 6.54 Å². The fourth-order valence-electron chi connectivity index (χ4n) is 3.64. The van der Waals surface area contributed by atoms with Gasteiger partial charge >= 0.3 is 0 Å². The van der Waals surface area contributed by atoms with Gasteiger partial charge in [-0.05, 0) is 64.4 Å². The Morgan fingerprint density at radius 2 is 1.86 bits per heavy atom. The first-order chi connectivity index (χ1) is 14.2. The van der Waals surface area contributed by atoms with Crippen LogP contribution in [0.1, 0.15) is 49.8 Å². The Morgan fingerprint density at radius 1 is 1.07 bits per heavy atom. The first-order valence-corrected chi connectivity index (χ1v) is 10.9. The summed E-state index contributed by atoms with van der Waals surface area (Å²) < 4.78 is 5.62. The number of unbranched alkanes of at least 4 members (excludes halogenated alkanes) is 2. The number of aliphatic imine (C=N–C) groups is 1. The highest BCUT2D eigenvalue weighted by atomic mass is 16.3. The minimum Gasteiger partial charge on any atom is -0.444 e. The number of likely N-dealkylation sites (tertiary alicyclic amines) is 1. The largest absolute Gasteiger partial charge is 0.444 e. The Kier molecular flexibility index (Phi) is 8.56. The topological polar surface area (TPSA) is 65.7 Å². The maximum atomic E-state index is 5.62. The third-order valence-corrected chi connectivity index (χ3v) is 5.40. The van der Waals surface area contributed by atoms with E-state index in [0.29, 0.717) is 12.4 Å². The minimum absolute atomic E-state index is 0.587. The lowest BCUT2D eigenvalue weighted by Gasteiger charge is -2.26. The van der Waals surface area contributed by atoms with Crippen LogP contribution in [0.3, 0.4) is 0 Å². The van der Waals surface area contributed by atoms with Crippen LogP contribution in [0.4, 0.5) is 0 Å². The van der Waals surface area contributed by atoms with Gasteiger partial charge in [-0.3, -0.25) is 4.99 Å². The standard InChI is InChI=1S/C23H35N5O/c1-19-9-11-20(12-10-19)22-27-21(18-29-22)17-26-23(24-2)25-13-5-3-6-14-28-15-7-4-8-16-28/h9-12,18H,3-8,13-17H2,1-2H3,(H2,24,25,26). The monoisotopic (exact) mass is 397 g/mol. The molecule has 1 aromatic carbocycles. The van der Waals surface area contributed by atoms with Gasteiger partial charge in [0, 0.05) is 19.2 Å². The summed E-state index contributed by atoms with van der Waals surface area (Å²) in [5, 5.41) is 6.70. The van der Waals surface area contributed by atoms with E-state index in [2.05, 4.69) is 44.6 Å². The smallest absolute Gasteiger partial charge is 0.226 e. The fourth-order valence-corrected chi connectivity index (χ4v) is 3.64. The number of hydrogen-bond acceptors (Lipinski definition) is 4. The summed E-state index contributed by atoms with van der Waals surface area (Å²) in [5.41, 5.74) is 3.09. The summed E-state index contributed by atoms with van der Waals surface area (Å²) in [7, 11) is 1.80. The van der Waals surface area contributed by atoms with Crippen molar-refractivity contribution in [2.75, 3.05) is 33.2 Å². The van der Waals surface area contributed by atoms with Crippen LogP contribution in [-0.4, -0.2) is 49.1 Å². The Morgan fingerprint density at radius 3 is 2.62 bits per heavy atom. The van der Waals surface area contributed by atoms with Crippen molar-refractivity contribution in [2.45, 2.75) is 52.0 Å². The molecule has 0 spiro atoms. The van der Waals surface area contributed by atoms with E-state index >= 15 is 0 Å². The van der Waals surface area contributed by atoms with Gasteiger partial charge in [0.2, 0.25) is 5.89 Å². The highest BCUT2D eigenvalue weighted by Gasteiger charge is 2.09. The zero-order chi connectivity index (χ0) is 20.3. The molecule has 0 radical (unpaired) electrons. The second kappa shape index (κ2) is 11.6. The average Bonchev–Trinajstić information content (AvgIpc) is 3.23. The summed E-state index contributed by atoms with van der Waals surface area (Å²) in [6, 6.07) is 8.19. The van der Waals surface area contributed by atoms with Crippen molar-refractivity contribution in [2.24, 2.45) is 4.99 Å². The lowest BCUT2D eigenvalue weighted by molar-refractivity contribution is 0.224. The molecule has 1 saturated heterocycles. The van der Waals surface area contributed by atoms with Crippen molar-refractivity contribution in [1.82, 2.24) is 20.5 Å². The molecule has 1 fully saturated rings. The number of nitrogens with one attached hydrogen (secondary N) is 2. The highest BCUT2D eigenvalue weighted by Crippen LogP contribution is 2.19. The van der Waals surface area contributed by atoms with Crippen molar-refractivity contribution in [3.05, 3.63) is 41.8 Å². The molecule has 29 heavy (non-hydrogen) atoms. The van der Waals surface area contributed by atoms with E-state index in [-0.39, 0.29) is 0 Å². The summed E-state index contributed by atoms with van der Waals surface area (Å²) in [4.78, 5) is 11.5. The number of nitrogens with zero attached hydrogens (tertiary/aromatic N) is 3. The predicted molar refractivity (Wildman–Crippen MR) is 119 cm³/mol. The second-order valence-corrected chi connectivity index (χ2v) is 7.83. The quantitative estimate of drug-likeness (QED) is 0.381. The SMILES string of the molecule is CN=C(NCCCCCN1CCCCC1)NCc1coc(-c2ccc(C)cc2)n1. The summed E-state index contributed by atoms with van der Waals surface area (Å²) in [5.74, 6) is 1.46. The molecule has 2 N–H and O–H groups in total. The lowest BCUT2D eigenvalue weighted by atomic mass is 10.1. The number of benzene rings is 1. The van der Waals surface area contributed by atoms with E-state index in [0.717, 1.165) is 30.2 Å². The molecular formula is C23H35N5O. The molecule has 0 aliphatic carbocycles. The molecule has 1 aliphatic heterocycles. The van der Waals surface area contributed by atoms with Crippen LogP contribution in [0.2, 0.25) is 0 Å². The molecule has 6 heteroatoms. The molecular weight excluding hydrogens is 362 g/mol. The molecule has 1 aromatic heterocycles. The Labute approximate surface area is 174 Å². The Hall–Kier alpha value is -2.34. The van der Waals surface area contributed by atoms with E-state index in [1.54, 1.807) is 13.3 Å². The average molecular weight is 398 g/mol. The minimum atomic E-state index is 0.587. The third kappa shape index (κ3) is 7.20. The van der Waals surface area contributed by atoms with Crippen LogP contribution < -0.4 is 10.6 Å². The molecule has 6 nitrogen and oxygen atoms in total. The molecule has 0 amide bonds. The molecule has 2 heterocycles. The number of rotatable bonds is 9. The number of aromatic nitrogens is 1. The number of hydrogen-bond donors (Lipinski definition) is 2. The van der Waals surface area contributed by atoms with Gasteiger partial charge < -0.3 is 20.0 Å². The fraction of sp³-hybridized carbons (Fsp3) is 0.565. The zero-order valence-electron chi connectivity index (χ0n) is 17.9. The Balaban J connectivity index is 1.31. The van der Waals surface area contributed by atoms with Gasteiger partial charge in [0.1, 0.15) is 6.26 Å². The maximum Gasteiger partial charge on any atom is 0.226 e. The molecule has 158 valence electrons. The lowest BCUT2D eigenvalue weighted by Crippen LogP contribution is -2.37. The molecule has 1 aliphatic rings. The van der Waals surface area contributed by atoms with Crippen LogP contribution in [0.25, 0.3) is 11.5 Å². The van der Waals surface area contributed by atoms with Gasteiger partial charge in [0.15, 0.2) is 5.96 Å². The molecule has 0 saturated carbocycles. The number of piperidine rings is 1. The van der Waals surface area contributed by atoms with Crippen molar-refractivity contribution >= 4 is 5.96 Å². The highest BCUT2D eigenvalue weighted by molar-refractivity contribution is 5.79. The number of oxazole rings is 1. The molecule has 0 atom stereocenters. The summed E-state index contributed by atoms with van der Waals surface area (Å²) in [6.45, 7) is 7.44. The maximum absolute atomic E-state index is 5.62. The molecule has 2 aromatic rings. The van der Waals surface area contributed by atoms with Gasteiger partial charge in [-0.2, -0.15) is 0 Å². The molecule has 3 rings (SSSR count). The number of guanidine groups is 1. The van der Waals surface area contributed by atoms with Crippen LogP contribution in [0, 0.1) is 6.92 Å². The summed E-state index contributed by atoms with van der Waals surface area (Å²) in [6.07, 6.45) is 9.57. The van der Waals surface area contributed by atoms with Gasteiger partial charge in [-0.15, -0.1) is 0 Å². The van der Waals surface area contributed by atoms with Gasteiger partial charge in [-0.25, -0.2) is 4.98 Å². The predicted octanol–water partition coefficient (Wildman–Crippen LogP) is 3.97. The van der Waals surface area contributed by atoms with E-state index in [9.17, 15) is 0 Å². The van der Waals surface area contributed by atoms with Gasteiger partial charge in [-0.1, -0.05) is 30.5 Å². The van der Waals surface area contributed by atoms with Crippen molar-refractivity contribution in [1.29, 1.82) is 0 Å². The van der Waals surface area contributed by atoms with Gasteiger partial charge in [0.05, 0.1) is 12.2 Å². The van der Waals surface area contributed by atoms with Crippen molar-refractivity contribution in [3.8, 4) is 11.5 Å². The Bertz CT molecular complexity index is 747. The van der Waals surface area contributed by atoms with E-state index in [1.165, 1.54) is 57.3 Å². The van der Waals surface area contributed by atoms with Crippen LogP contribution in [0.5, 0.6) is 0 Å². The molecule has 0 unspecified atom stereocenters. The normalized spacial score (nSPS) is 15.4. The molecule has 0 bridgehead atoms. The van der Waals surface area contributed by atoms with Crippen molar-refractivity contribution < 1.29 is 4.42 Å². The first kappa shape index (κ1) is 21.4. The van der Waals surface area contributed by atoms with Crippen LogP contribution in [0.15, 0.2) is 39.9 Å².